The first-order valence-electron chi connectivity index (χ1n) is 8.54. The van der Waals surface area contributed by atoms with Crippen molar-refractivity contribution in [2.24, 2.45) is 0 Å². The Morgan fingerprint density at radius 3 is 2.80 bits per heavy atom. The first kappa shape index (κ1) is 18.8. The lowest BCUT2D eigenvalue weighted by atomic mass is 10.0. The Labute approximate surface area is 147 Å². The summed E-state index contributed by atoms with van der Waals surface area (Å²) in [6, 6.07) is 5.55. The molecule has 0 saturated heterocycles. The van der Waals surface area contributed by atoms with Crippen LogP contribution in [0.5, 0.6) is 5.75 Å². The topological polar surface area (TPSA) is 95.9 Å². The number of carboxylic acids is 1. The van der Waals surface area contributed by atoms with Crippen molar-refractivity contribution in [3.63, 3.8) is 0 Å². The molecule has 0 atom stereocenters. The van der Waals surface area contributed by atoms with E-state index >= 15 is 0 Å². The van der Waals surface area contributed by atoms with Gasteiger partial charge in [0.25, 0.3) is 0 Å². The third-order valence-electron chi connectivity index (χ3n) is 4.11. The molecule has 0 fully saturated rings. The van der Waals surface area contributed by atoms with Crippen LogP contribution in [0.2, 0.25) is 0 Å². The molecule has 0 radical (unpaired) electrons. The van der Waals surface area contributed by atoms with E-state index in [0.717, 1.165) is 17.0 Å². The standard InChI is InChI=1S/C18H24N2O5/c1-2-20(10-9-18(23)24)17(22)4-3-11-25-14-6-7-15-13(12-14)5-8-16(21)19-15/h6-7,12H,2-5,8-11H2,1H3,(H,19,21)(H,23,24). The predicted octanol–water partition coefficient (Wildman–Crippen LogP) is 2.05. The van der Waals surface area contributed by atoms with Crippen LogP contribution in [-0.2, 0) is 20.8 Å². The predicted molar refractivity (Wildman–Crippen MR) is 92.6 cm³/mol. The van der Waals surface area contributed by atoms with Crippen molar-refractivity contribution >= 4 is 23.5 Å². The lowest BCUT2D eigenvalue weighted by Gasteiger charge is -2.20. The van der Waals surface area contributed by atoms with Gasteiger partial charge in [-0.2, -0.15) is 0 Å². The van der Waals surface area contributed by atoms with Gasteiger partial charge in [0, 0.05) is 31.6 Å². The summed E-state index contributed by atoms with van der Waals surface area (Å²) in [5.74, 6) is -0.206. The Bertz CT molecular complexity index is 644. The summed E-state index contributed by atoms with van der Waals surface area (Å²) >= 11 is 0. The number of fused-ring (bicyclic) bond motifs is 1. The van der Waals surface area contributed by atoms with Gasteiger partial charge in [-0.15, -0.1) is 0 Å². The van der Waals surface area contributed by atoms with Crippen molar-refractivity contribution in [3.8, 4) is 5.75 Å². The molecular formula is C18H24N2O5. The average molecular weight is 348 g/mol. The number of carbonyl (C=O) groups is 3. The summed E-state index contributed by atoms with van der Waals surface area (Å²) < 4.78 is 5.68. The minimum absolute atomic E-state index is 0.0306. The first-order chi connectivity index (χ1) is 12.0. The lowest BCUT2D eigenvalue weighted by molar-refractivity contribution is -0.138. The average Bonchev–Trinajstić information content (AvgIpc) is 2.59. The second kappa shape index (κ2) is 9.05. The van der Waals surface area contributed by atoms with Crippen molar-refractivity contribution in [2.75, 3.05) is 25.0 Å². The molecule has 1 aromatic rings. The Kier molecular flexibility index (Phi) is 6.80. The third-order valence-corrected chi connectivity index (χ3v) is 4.11. The van der Waals surface area contributed by atoms with E-state index in [-0.39, 0.29) is 24.8 Å². The van der Waals surface area contributed by atoms with Gasteiger partial charge in [-0.25, -0.2) is 0 Å². The molecule has 0 aliphatic carbocycles. The highest BCUT2D eigenvalue weighted by molar-refractivity contribution is 5.94. The number of aliphatic carboxylic acids is 1. The molecule has 136 valence electrons. The Balaban J connectivity index is 1.74. The van der Waals surface area contributed by atoms with Crippen LogP contribution in [-0.4, -0.2) is 47.5 Å². The molecule has 0 saturated carbocycles. The number of rotatable bonds is 9. The number of carbonyl (C=O) groups excluding carboxylic acids is 2. The quantitative estimate of drug-likeness (QED) is 0.666. The molecule has 0 bridgehead atoms. The van der Waals surface area contributed by atoms with Crippen LogP contribution in [0.25, 0.3) is 0 Å². The molecule has 2 rings (SSSR count). The largest absolute Gasteiger partial charge is 0.494 e. The molecule has 25 heavy (non-hydrogen) atoms. The van der Waals surface area contributed by atoms with E-state index < -0.39 is 5.97 Å². The summed E-state index contributed by atoms with van der Waals surface area (Å²) in [5.41, 5.74) is 1.88. The van der Waals surface area contributed by atoms with Gasteiger partial charge in [-0.05, 0) is 43.5 Å². The minimum Gasteiger partial charge on any atom is -0.494 e. The van der Waals surface area contributed by atoms with Gasteiger partial charge in [-0.3, -0.25) is 14.4 Å². The fourth-order valence-electron chi connectivity index (χ4n) is 2.71. The number of ether oxygens (including phenoxy) is 1. The van der Waals surface area contributed by atoms with E-state index in [4.69, 9.17) is 9.84 Å². The number of anilines is 1. The number of amides is 2. The fraction of sp³-hybridized carbons (Fsp3) is 0.500. The van der Waals surface area contributed by atoms with Crippen LogP contribution in [0, 0.1) is 0 Å². The number of hydrogen-bond donors (Lipinski definition) is 2. The molecule has 1 aliphatic heterocycles. The second-order valence-corrected chi connectivity index (χ2v) is 5.94. The number of nitrogens with zero attached hydrogens (tertiary/aromatic N) is 1. The van der Waals surface area contributed by atoms with Gasteiger partial charge in [0.05, 0.1) is 13.0 Å². The fourth-order valence-corrected chi connectivity index (χ4v) is 2.71. The zero-order valence-electron chi connectivity index (χ0n) is 14.4. The maximum absolute atomic E-state index is 12.1. The summed E-state index contributed by atoms with van der Waals surface area (Å²) in [5, 5.41) is 11.5. The molecule has 1 aromatic carbocycles. The Morgan fingerprint density at radius 1 is 1.28 bits per heavy atom. The zero-order chi connectivity index (χ0) is 18.2. The number of aryl methyl sites for hydroxylation is 1. The van der Waals surface area contributed by atoms with E-state index in [1.807, 2.05) is 19.1 Å². The molecule has 0 aromatic heterocycles. The molecule has 2 amide bonds. The second-order valence-electron chi connectivity index (χ2n) is 5.94. The van der Waals surface area contributed by atoms with Crippen molar-refractivity contribution in [2.45, 2.75) is 39.0 Å². The molecule has 2 N–H and O–H groups in total. The van der Waals surface area contributed by atoms with E-state index in [1.165, 1.54) is 0 Å². The highest BCUT2D eigenvalue weighted by atomic mass is 16.5. The van der Waals surface area contributed by atoms with Gasteiger partial charge in [0.1, 0.15) is 5.75 Å². The van der Waals surface area contributed by atoms with Gasteiger partial charge in [0.2, 0.25) is 11.8 Å². The summed E-state index contributed by atoms with van der Waals surface area (Å²) in [4.78, 5) is 35.5. The van der Waals surface area contributed by atoms with Gasteiger partial charge >= 0.3 is 5.97 Å². The highest BCUT2D eigenvalue weighted by Crippen LogP contribution is 2.26. The number of benzene rings is 1. The summed E-state index contributed by atoms with van der Waals surface area (Å²) in [6.45, 7) is 2.99. The van der Waals surface area contributed by atoms with Crippen LogP contribution in [0.15, 0.2) is 18.2 Å². The van der Waals surface area contributed by atoms with E-state index in [2.05, 4.69) is 5.32 Å². The summed E-state index contributed by atoms with van der Waals surface area (Å²) in [7, 11) is 0. The highest BCUT2D eigenvalue weighted by Gasteiger charge is 2.15. The maximum atomic E-state index is 12.1. The lowest BCUT2D eigenvalue weighted by Crippen LogP contribution is -2.32. The molecular weight excluding hydrogens is 324 g/mol. The van der Waals surface area contributed by atoms with E-state index in [0.29, 0.717) is 38.8 Å². The summed E-state index contributed by atoms with van der Waals surface area (Å²) in [6.07, 6.45) is 2.03. The molecule has 1 aliphatic rings. The maximum Gasteiger partial charge on any atom is 0.305 e. The Hall–Kier alpha value is -2.57. The third kappa shape index (κ3) is 5.77. The number of hydrogen-bond acceptors (Lipinski definition) is 4. The Morgan fingerprint density at radius 2 is 2.08 bits per heavy atom. The molecule has 0 unspecified atom stereocenters. The smallest absolute Gasteiger partial charge is 0.305 e. The zero-order valence-corrected chi connectivity index (χ0v) is 14.4. The first-order valence-corrected chi connectivity index (χ1v) is 8.54. The van der Waals surface area contributed by atoms with E-state index in [1.54, 1.807) is 11.0 Å². The van der Waals surface area contributed by atoms with Crippen molar-refractivity contribution in [3.05, 3.63) is 23.8 Å². The van der Waals surface area contributed by atoms with Crippen LogP contribution >= 0.6 is 0 Å². The van der Waals surface area contributed by atoms with Gasteiger partial charge < -0.3 is 20.1 Å². The molecule has 7 nitrogen and oxygen atoms in total. The van der Waals surface area contributed by atoms with Crippen LogP contribution in [0.3, 0.4) is 0 Å². The van der Waals surface area contributed by atoms with Gasteiger partial charge in [0.15, 0.2) is 0 Å². The van der Waals surface area contributed by atoms with Gasteiger partial charge in [-0.1, -0.05) is 0 Å². The minimum atomic E-state index is -0.904. The SMILES string of the molecule is CCN(CCC(=O)O)C(=O)CCCOc1ccc2c(c1)CCC(=O)N2. The normalized spacial score (nSPS) is 12.9. The van der Waals surface area contributed by atoms with Crippen molar-refractivity contribution in [1.29, 1.82) is 0 Å². The van der Waals surface area contributed by atoms with Crippen LogP contribution < -0.4 is 10.1 Å². The monoisotopic (exact) mass is 348 g/mol. The number of carboxylic acid groups (broad SMARTS) is 1. The van der Waals surface area contributed by atoms with Crippen LogP contribution in [0.4, 0.5) is 5.69 Å². The van der Waals surface area contributed by atoms with Crippen LogP contribution in [0.1, 0.15) is 38.2 Å². The van der Waals surface area contributed by atoms with Crippen molar-refractivity contribution in [1.82, 2.24) is 4.90 Å². The molecule has 0 spiro atoms. The molecule has 7 heteroatoms. The van der Waals surface area contributed by atoms with E-state index in [9.17, 15) is 14.4 Å². The number of nitrogens with one attached hydrogen (secondary N) is 1. The molecule has 1 heterocycles. The van der Waals surface area contributed by atoms with Crippen molar-refractivity contribution < 1.29 is 24.2 Å².